The monoisotopic (exact) mass is 1300 g/mol. The highest BCUT2D eigenvalue weighted by atomic mass is 16.7. The quantitative estimate of drug-likeness (QED) is 0.114. The third-order valence-corrected chi connectivity index (χ3v) is 18.6. The van der Waals surface area contributed by atoms with E-state index in [0.29, 0.717) is 19.6 Å². The van der Waals surface area contributed by atoms with Crippen LogP contribution in [0.4, 0.5) is 0 Å². The molecule has 4 saturated heterocycles. The molecule has 4 rings (SSSR count). The molecule has 11 amide bonds. The number of morpholine rings is 1. The lowest BCUT2D eigenvalue weighted by Crippen LogP contribution is -2.65. The fourth-order valence-electron chi connectivity index (χ4n) is 12.7. The number of hydrogen-bond acceptors (Lipinski definition) is 15. The van der Waals surface area contributed by atoms with Crippen molar-refractivity contribution in [2.45, 2.75) is 221 Å². The molecule has 26 nitrogen and oxygen atoms in total. The lowest BCUT2D eigenvalue weighted by Gasteiger charge is -2.44. The summed E-state index contributed by atoms with van der Waals surface area (Å²) in [6, 6.07) is -14.0. The first-order chi connectivity index (χ1) is 43.0. The van der Waals surface area contributed by atoms with Gasteiger partial charge in [-0.25, -0.2) is 14.3 Å². The molecule has 92 heavy (non-hydrogen) atoms. The van der Waals surface area contributed by atoms with Crippen LogP contribution >= 0.6 is 0 Å². The summed E-state index contributed by atoms with van der Waals surface area (Å²) in [5.74, 6) is -8.98. The van der Waals surface area contributed by atoms with Crippen LogP contribution in [0.25, 0.3) is 0 Å². The number of ether oxygens (including phenoxy) is 2. The van der Waals surface area contributed by atoms with Crippen molar-refractivity contribution >= 4 is 65.0 Å². The van der Waals surface area contributed by atoms with Crippen molar-refractivity contribution in [1.82, 2.24) is 55.3 Å². The van der Waals surface area contributed by atoms with Gasteiger partial charge in [0.05, 0.1) is 32.6 Å². The topological polar surface area (TPSA) is 277 Å². The second-order valence-corrected chi connectivity index (χ2v) is 27.3. The van der Waals surface area contributed by atoms with Gasteiger partial charge in [0.25, 0.3) is 11.8 Å². The van der Waals surface area contributed by atoms with E-state index in [2.05, 4.69) is 20.9 Å². The summed E-state index contributed by atoms with van der Waals surface area (Å²) in [4.78, 5) is 181. The van der Waals surface area contributed by atoms with Gasteiger partial charge in [0.2, 0.25) is 47.3 Å². The van der Waals surface area contributed by atoms with E-state index in [1.54, 1.807) is 73.7 Å². The van der Waals surface area contributed by atoms with Crippen LogP contribution in [0.3, 0.4) is 0 Å². The maximum atomic E-state index is 15.4. The number of rotatable bonds is 16. The minimum absolute atomic E-state index is 0.0406. The lowest BCUT2D eigenvalue weighted by atomic mass is 9.95. The number of quaternary nitrogens is 1. The second-order valence-electron chi connectivity index (χ2n) is 27.3. The highest BCUT2D eigenvalue weighted by molar-refractivity contribution is 5.99. The number of likely N-dealkylation sites (N-methyl/N-ethyl adjacent to an activating group) is 6. The Morgan fingerprint density at radius 1 is 0.674 bits per heavy atom. The fraction of sp³-hybridized carbons (Fsp3) is 0.773. The Balaban J connectivity index is 1.96. The number of nitrogens with zero attached hydrogens (tertiary/aromatic N) is 9. The Morgan fingerprint density at radius 3 is 1.86 bits per heavy atom. The highest BCUT2D eigenvalue weighted by Crippen LogP contribution is 2.31. The minimum Gasteiger partial charge on any atom is -0.379 e. The largest absolute Gasteiger partial charge is 0.379 e. The van der Waals surface area contributed by atoms with Crippen molar-refractivity contribution in [3.8, 4) is 0 Å². The molecule has 0 aromatic rings. The molecular weight excluding hydrogens is 1180 g/mol. The van der Waals surface area contributed by atoms with Gasteiger partial charge in [-0.1, -0.05) is 67.5 Å². The van der Waals surface area contributed by atoms with Gasteiger partial charge in [-0.05, 0) is 123 Å². The van der Waals surface area contributed by atoms with Crippen molar-refractivity contribution in [1.29, 1.82) is 0 Å². The average Bonchev–Trinajstić information content (AvgIpc) is 1.46. The van der Waals surface area contributed by atoms with Crippen molar-refractivity contribution in [3.63, 3.8) is 0 Å². The van der Waals surface area contributed by atoms with Crippen LogP contribution in [0.15, 0.2) is 24.4 Å². The van der Waals surface area contributed by atoms with E-state index in [0.717, 1.165) is 31.1 Å². The molecule has 3 N–H and O–H groups in total. The number of hydrogen-bond donors (Lipinski definition) is 3. The Kier molecular flexibility index (Phi) is 29.5. The molecule has 520 valence electrons. The van der Waals surface area contributed by atoms with E-state index >= 15 is 24.0 Å². The maximum absolute atomic E-state index is 15.4. The van der Waals surface area contributed by atoms with Crippen LogP contribution in [0.1, 0.15) is 142 Å². The number of hydroxylamine groups is 2. The first kappa shape index (κ1) is 78.1. The molecule has 0 aromatic heterocycles. The highest BCUT2D eigenvalue weighted by Gasteiger charge is 2.53. The van der Waals surface area contributed by atoms with Gasteiger partial charge < -0.3 is 54.8 Å². The van der Waals surface area contributed by atoms with Crippen molar-refractivity contribution in [2.24, 2.45) is 23.7 Å². The zero-order valence-corrected chi connectivity index (χ0v) is 59.1. The fourth-order valence-corrected chi connectivity index (χ4v) is 12.7. The summed E-state index contributed by atoms with van der Waals surface area (Å²) >= 11 is 0. The molecule has 0 spiro atoms. The average molecular weight is 1300 g/mol. The maximum Gasteiger partial charge on any atom is 0.341 e. The zero-order valence-electron chi connectivity index (χ0n) is 59.1. The normalized spacial score (nSPS) is 31.1. The van der Waals surface area contributed by atoms with E-state index < -0.39 is 167 Å². The summed E-state index contributed by atoms with van der Waals surface area (Å²) in [7, 11) is 8.65. The van der Waals surface area contributed by atoms with Crippen LogP contribution in [0.2, 0.25) is 0 Å². The number of carbonyl (C=O) groups excluding carboxylic acids is 11. The smallest absolute Gasteiger partial charge is 0.341 e. The van der Waals surface area contributed by atoms with E-state index in [1.165, 1.54) is 92.5 Å². The van der Waals surface area contributed by atoms with Crippen molar-refractivity contribution in [3.05, 3.63) is 24.4 Å². The molecule has 15 atom stereocenters. The standard InChI is InChI=1S/C66H112N12O14/c1-22-24-27-42(9)54-57(80)68-49(23-2)62(85)70(16)45(12)60(83)73(19)55(47(14)91-33-26-25-29-75-30-34-90-35-31-75)58(81)69-53(41(7)8)66(89)78(21,32-28-39(3)4)38-52(79)67-44(11)59(82)76-43(10)37-51(64(87)74(20)56-48(15)92-77(54)65(56)88)72(18)63(86)50(36-40(5)6)71(17)61(84)46(76)13/h22,24,28,32,39-51,53-56H,23,25-27,29-31,33-38H2,1-21H3,(H2-,67,68,69,79,80,81)/p+1. The van der Waals surface area contributed by atoms with Crippen LogP contribution in [0.5, 0.6) is 0 Å². The van der Waals surface area contributed by atoms with Gasteiger partial charge in [-0.3, -0.25) is 57.7 Å². The summed E-state index contributed by atoms with van der Waals surface area (Å²) in [6.45, 7) is 28.9. The van der Waals surface area contributed by atoms with Crippen LogP contribution < -0.4 is 16.0 Å². The molecule has 4 bridgehead atoms. The molecule has 4 aliphatic rings. The minimum atomic E-state index is -1.39. The Labute approximate surface area is 547 Å². The summed E-state index contributed by atoms with van der Waals surface area (Å²) < 4.78 is 11.2. The second kappa shape index (κ2) is 34.7. The molecular formula is C66H113N12O14+. The third kappa shape index (κ3) is 19.2. The number of nitrogens with one attached hydrogen (secondary N) is 3. The molecule has 15 unspecified atom stereocenters. The third-order valence-electron chi connectivity index (χ3n) is 18.6. The van der Waals surface area contributed by atoms with Crippen LogP contribution in [0, 0.1) is 23.7 Å². The SMILES string of the molecule is CC=CCC(C)C1C(=O)NC(CC)C(=O)N(C)C(C)C(=O)N(C)C(C(C)OCCCCN2CCOCC2)C(=O)NC(C(C)C)C(=O)[N+](C)(C=CC(C)C)CC(=O)NC(C)C(=O)N2C(C)CC(C(=O)N(C)C3C(=O)N1OC3C)N(C)C(=O)C(CC(C)C)N(C)C(=O)C2C. The molecule has 0 saturated carbocycles. The van der Waals surface area contributed by atoms with Gasteiger partial charge in [0.15, 0.2) is 6.54 Å². The van der Waals surface area contributed by atoms with E-state index in [9.17, 15) is 28.8 Å². The first-order valence-corrected chi connectivity index (χ1v) is 33.2. The summed E-state index contributed by atoms with van der Waals surface area (Å²) in [5, 5.41) is 9.52. The molecule has 4 fully saturated rings. The zero-order chi connectivity index (χ0) is 69.5. The number of amides is 11. The molecule has 4 aliphatic heterocycles. The first-order valence-electron chi connectivity index (χ1n) is 33.2. The van der Waals surface area contributed by atoms with Crippen LogP contribution in [-0.2, 0) is 67.1 Å². The molecule has 0 aromatic carbocycles. The van der Waals surface area contributed by atoms with Crippen molar-refractivity contribution < 1.29 is 71.5 Å². The number of fused-ring (bicyclic) bond motifs is 5. The molecule has 0 radical (unpaired) electrons. The van der Waals surface area contributed by atoms with Crippen LogP contribution in [-0.4, -0.2) is 276 Å². The van der Waals surface area contributed by atoms with Crippen molar-refractivity contribution in [2.75, 3.05) is 88.3 Å². The van der Waals surface area contributed by atoms with Gasteiger partial charge >= 0.3 is 5.91 Å². The van der Waals surface area contributed by atoms with E-state index in [-0.39, 0.29) is 44.1 Å². The van der Waals surface area contributed by atoms with Gasteiger partial charge in [0, 0.05) is 61.0 Å². The molecule has 4 heterocycles. The number of allylic oxidation sites excluding steroid dienone is 3. The summed E-state index contributed by atoms with van der Waals surface area (Å²) in [5.41, 5.74) is 0. The Morgan fingerprint density at radius 2 is 1.28 bits per heavy atom. The summed E-state index contributed by atoms with van der Waals surface area (Å²) in [6.07, 6.45) is 6.54. The lowest BCUT2D eigenvalue weighted by molar-refractivity contribution is -0.774. The molecule has 26 heteroatoms. The number of unbranched alkanes of at least 4 members (excludes halogenated alkanes) is 1. The Hall–Kier alpha value is -6.35. The van der Waals surface area contributed by atoms with Gasteiger partial charge in [-0.2, -0.15) is 0 Å². The van der Waals surface area contributed by atoms with E-state index in [4.69, 9.17) is 14.3 Å². The predicted molar refractivity (Wildman–Crippen MR) is 347 cm³/mol. The number of carbonyl (C=O) groups is 11. The van der Waals surface area contributed by atoms with E-state index in [1.807, 2.05) is 33.8 Å². The molecule has 0 aliphatic carbocycles. The van der Waals surface area contributed by atoms with Gasteiger partial charge in [0.1, 0.15) is 66.5 Å². The Bertz CT molecular complexity index is 2670. The predicted octanol–water partition coefficient (Wildman–Crippen LogP) is 2.54. The van der Waals surface area contributed by atoms with Gasteiger partial charge in [-0.15, -0.1) is 0 Å².